The van der Waals surface area contributed by atoms with Crippen LogP contribution in [0.4, 0.5) is 0 Å². The summed E-state index contributed by atoms with van der Waals surface area (Å²) in [7, 11) is 0. The van der Waals surface area contributed by atoms with Gasteiger partial charge < -0.3 is 4.42 Å². The molecule has 0 bridgehead atoms. The summed E-state index contributed by atoms with van der Waals surface area (Å²) in [6.07, 6.45) is 3.88. The Labute approximate surface area is 136 Å². The molecule has 8 heteroatoms. The van der Waals surface area contributed by atoms with Gasteiger partial charge in [-0.15, -0.1) is 5.10 Å². The van der Waals surface area contributed by atoms with Gasteiger partial charge in [0.2, 0.25) is 5.89 Å². The van der Waals surface area contributed by atoms with Crippen LogP contribution < -0.4 is 5.56 Å². The first-order valence-corrected chi connectivity index (χ1v) is 7.56. The number of nitrogens with zero attached hydrogens (tertiary/aromatic N) is 6. The molecule has 0 saturated heterocycles. The van der Waals surface area contributed by atoms with Crippen molar-refractivity contribution in [3.05, 3.63) is 64.9 Å². The van der Waals surface area contributed by atoms with Crippen LogP contribution in [-0.4, -0.2) is 29.5 Å². The van der Waals surface area contributed by atoms with Crippen molar-refractivity contribution < 1.29 is 4.42 Å². The molecule has 1 aromatic carbocycles. The molecule has 0 radical (unpaired) electrons. The summed E-state index contributed by atoms with van der Waals surface area (Å²) in [6, 6.07) is 9.43. The molecule has 24 heavy (non-hydrogen) atoms. The molecule has 0 spiro atoms. The standard InChI is InChI=1S/C16H14N6O2/c1-2-12-8-17-13(24-12)9-21-10-18-15-14(16(21)23)19-20-22(15)11-6-4-3-5-7-11/h3-8,10H,2,9H2,1H3. The van der Waals surface area contributed by atoms with Gasteiger partial charge in [-0.1, -0.05) is 30.3 Å². The zero-order chi connectivity index (χ0) is 16.5. The largest absolute Gasteiger partial charge is 0.444 e. The van der Waals surface area contributed by atoms with Crippen molar-refractivity contribution in [3.8, 4) is 5.69 Å². The first-order chi connectivity index (χ1) is 11.8. The summed E-state index contributed by atoms with van der Waals surface area (Å²) < 4.78 is 8.50. The molecule has 0 aliphatic rings. The SMILES string of the molecule is CCc1cnc(Cn2cnc3c(nnn3-c3ccccc3)c2=O)o1. The fourth-order valence-electron chi connectivity index (χ4n) is 2.43. The Kier molecular flexibility index (Phi) is 3.42. The molecule has 0 unspecified atom stereocenters. The number of aryl methyl sites for hydroxylation is 1. The number of hydrogen-bond acceptors (Lipinski definition) is 6. The quantitative estimate of drug-likeness (QED) is 0.566. The average molecular weight is 322 g/mol. The zero-order valence-corrected chi connectivity index (χ0v) is 13.0. The van der Waals surface area contributed by atoms with Crippen molar-refractivity contribution in [3.63, 3.8) is 0 Å². The smallest absolute Gasteiger partial charge is 0.284 e. The van der Waals surface area contributed by atoms with E-state index >= 15 is 0 Å². The van der Waals surface area contributed by atoms with Crippen LogP contribution in [0.1, 0.15) is 18.6 Å². The molecular formula is C16H14N6O2. The molecule has 120 valence electrons. The highest BCUT2D eigenvalue weighted by Gasteiger charge is 2.14. The van der Waals surface area contributed by atoms with Gasteiger partial charge in [0, 0.05) is 6.42 Å². The molecule has 0 atom stereocenters. The van der Waals surface area contributed by atoms with E-state index in [1.807, 2.05) is 37.3 Å². The molecule has 0 saturated carbocycles. The Bertz CT molecular complexity index is 1050. The topological polar surface area (TPSA) is 91.6 Å². The van der Waals surface area contributed by atoms with Crippen molar-refractivity contribution in [2.75, 3.05) is 0 Å². The van der Waals surface area contributed by atoms with Crippen LogP contribution in [0.5, 0.6) is 0 Å². The van der Waals surface area contributed by atoms with Crippen molar-refractivity contribution in [1.29, 1.82) is 0 Å². The second kappa shape index (κ2) is 5.73. The van der Waals surface area contributed by atoms with Crippen molar-refractivity contribution in [1.82, 2.24) is 29.5 Å². The monoisotopic (exact) mass is 322 g/mol. The van der Waals surface area contributed by atoms with Crippen molar-refractivity contribution in [2.45, 2.75) is 19.9 Å². The summed E-state index contributed by atoms with van der Waals surface area (Å²) in [6.45, 7) is 2.19. The van der Waals surface area contributed by atoms with E-state index in [2.05, 4.69) is 20.3 Å². The van der Waals surface area contributed by atoms with Gasteiger partial charge in [0.1, 0.15) is 18.6 Å². The maximum Gasteiger partial charge on any atom is 0.284 e. The van der Waals surface area contributed by atoms with E-state index in [0.717, 1.165) is 17.9 Å². The summed E-state index contributed by atoms with van der Waals surface area (Å²) in [4.78, 5) is 21.1. The Balaban J connectivity index is 1.75. The fraction of sp³-hybridized carbons (Fsp3) is 0.188. The first-order valence-electron chi connectivity index (χ1n) is 7.56. The second-order valence-corrected chi connectivity index (χ2v) is 5.26. The predicted molar refractivity (Wildman–Crippen MR) is 85.9 cm³/mol. The van der Waals surface area contributed by atoms with E-state index in [0.29, 0.717) is 11.5 Å². The van der Waals surface area contributed by atoms with Crippen molar-refractivity contribution >= 4 is 11.2 Å². The van der Waals surface area contributed by atoms with Crippen LogP contribution in [0, 0.1) is 0 Å². The van der Waals surface area contributed by atoms with Crippen LogP contribution in [0.25, 0.3) is 16.9 Å². The van der Waals surface area contributed by atoms with Crippen LogP contribution in [-0.2, 0) is 13.0 Å². The Hall–Kier alpha value is -3.29. The summed E-state index contributed by atoms with van der Waals surface area (Å²) in [5.41, 5.74) is 1.15. The Morgan fingerprint density at radius 1 is 1.17 bits per heavy atom. The lowest BCUT2D eigenvalue weighted by molar-refractivity contribution is 0.443. The molecule has 4 rings (SSSR count). The van der Waals surface area contributed by atoms with Crippen LogP contribution in [0.2, 0.25) is 0 Å². The highest BCUT2D eigenvalue weighted by molar-refractivity contribution is 5.70. The van der Waals surface area contributed by atoms with Gasteiger partial charge in [0.05, 0.1) is 11.9 Å². The van der Waals surface area contributed by atoms with E-state index < -0.39 is 0 Å². The highest BCUT2D eigenvalue weighted by Crippen LogP contribution is 2.11. The lowest BCUT2D eigenvalue weighted by atomic mass is 10.3. The van der Waals surface area contributed by atoms with E-state index in [4.69, 9.17) is 4.42 Å². The van der Waals surface area contributed by atoms with E-state index in [1.165, 1.54) is 10.9 Å². The highest BCUT2D eigenvalue weighted by atomic mass is 16.4. The Morgan fingerprint density at radius 2 is 2.00 bits per heavy atom. The molecule has 0 N–H and O–H groups in total. The lowest BCUT2D eigenvalue weighted by Crippen LogP contribution is -2.21. The molecule has 0 amide bonds. The number of aromatic nitrogens is 6. The van der Waals surface area contributed by atoms with Crippen molar-refractivity contribution in [2.24, 2.45) is 0 Å². The Morgan fingerprint density at radius 3 is 2.75 bits per heavy atom. The minimum absolute atomic E-state index is 0.208. The van der Waals surface area contributed by atoms with E-state index in [9.17, 15) is 4.79 Å². The molecule has 8 nitrogen and oxygen atoms in total. The third kappa shape index (κ3) is 2.37. The van der Waals surface area contributed by atoms with Gasteiger partial charge in [0.25, 0.3) is 5.56 Å². The molecule has 0 fully saturated rings. The summed E-state index contributed by atoms with van der Waals surface area (Å²) in [5.74, 6) is 1.24. The minimum atomic E-state index is -0.279. The van der Waals surface area contributed by atoms with Gasteiger partial charge in [-0.2, -0.15) is 4.68 Å². The summed E-state index contributed by atoms with van der Waals surface area (Å²) >= 11 is 0. The van der Waals surface area contributed by atoms with Gasteiger partial charge in [-0.05, 0) is 12.1 Å². The molecule has 3 heterocycles. The van der Waals surface area contributed by atoms with Crippen LogP contribution >= 0.6 is 0 Å². The number of para-hydroxylation sites is 1. The number of fused-ring (bicyclic) bond motifs is 1. The normalized spacial score (nSPS) is 11.2. The first kappa shape index (κ1) is 14.3. The number of rotatable bonds is 4. The number of hydrogen-bond donors (Lipinski definition) is 0. The van der Waals surface area contributed by atoms with Crippen LogP contribution in [0.3, 0.4) is 0 Å². The van der Waals surface area contributed by atoms with Gasteiger partial charge in [0.15, 0.2) is 11.2 Å². The third-order valence-electron chi connectivity index (χ3n) is 3.69. The molecular weight excluding hydrogens is 308 g/mol. The average Bonchev–Trinajstić information content (AvgIpc) is 3.25. The predicted octanol–water partition coefficient (Wildman–Crippen LogP) is 1.58. The second-order valence-electron chi connectivity index (χ2n) is 5.26. The van der Waals surface area contributed by atoms with E-state index in [1.54, 1.807) is 10.9 Å². The lowest BCUT2D eigenvalue weighted by Gasteiger charge is -2.03. The fourth-order valence-corrected chi connectivity index (χ4v) is 2.43. The molecule has 3 aromatic heterocycles. The van der Waals surface area contributed by atoms with Gasteiger partial charge in [-0.25, -0.2) is 9.97 Å². The zero-order valence-electron chi connectivity index (χ0n) is 13.0. The summed E-state index contributed by atoms with van der Waals surface area (Å²) in [5, 5.41) is 8.03. The van der Waals surface area contributed by atoms with Crippen LogP contribution in [0.15, 0.2) is 52.1 Å². The number of oxazole rings is 1. The molecule has 0 aliphatic heterocycles. The third-order valence-corrected chi connectivity index (χ3v) is 3.69. The molecule has 0 aliphatic carbocycles. The number of benzene rings is 1. The van der Waals surface area contributed by atoms with Gasteiger partial charge in [-0.3, -0.25) is 9.36 Å². The van der Waals surface area contributed by atoms with Gasteiger partial charge >= 0.3 is 0 Å². The maximum absolute atomic E-state index is 12.6. The maximum atomic E-state index is 12.6. The minimum Gasteiger partial charge on any atom is -0.444 e. The van der Waals surface area contributed by atoms with E-state index in [-0.39, 0.29) is 17.6 Å². The molecule has 4 aromatic rings.